The van der Waals surface area contributed by atoms with Gasteiger partial charge < -0.3 is 10.1 Å². The van der Waals surface area contributed by atoms with E-state index in [-0.39, 0.29) is 5.69 Å². The summed E-state index contributed by atoms with van der Waals surface area (Å²) in [4.78, 5) is 12.8. The Bertz CT molecular complexity index is 434. The van der Waals surface area contributed by atoms with E-state index in [2.05, 4.69) is 10.2 Å². The molecule has 0 unspecified atom stereocenters. The Morgan fingerprint density at radius 2 is 2.08 bits per heavy atom. The highest BCUT2D eigenvalue weighted by molar-refractivity contribution is 5.93. The van der Waals surface area contributed by atoms with Crippen LogP contribution in [0.15, 0.2) is 29.4 Å². The van der Waals surface area contributed by atoms with Crippen LogP contribution in [0.3, 0.4) is 0 Å². The number of nitrogens with one attached hydrogen (secondary N) is 1. The standard InChI is InChI=1S/C8H6N2O2/c11-8-7(10-12)5-3-1-2-4-6(5)9-8/h1-4,9,11H/p-1. The molecule has 0 saturated carbocycles. The molecular weight excluding hydrogens is 156 g/mol. The predicted octanol–water partition coefficient (Wildman–Crippen LogP) is 1.64. The summed E-state index contributed by atoms with van der Waals surface area (Å²) in [6.07, 6.45) is 0. The third-order valence-corrected chi connectivity index (χ3v) is 1.74. The zero-order valence-electron chi connectivity index (χ0n) is 6.07. The molecule has 0 radical (unpaired) electrons. The molecule has 0 amide bonds. The second-order valence-electron chi connectivity index (χ2n) is 2.44. The number of aromatic nitrogens is 1. The van der Waals surface area contributed by atoms with E-state index < -0.39 is 5.88 Å². The number of fused-ring (bicyclic) bond motifs is 1. The molecule has 1 heterocycles. The molecule has 0 aliphatic rings. The number of para-hydroxylation sites is 1. The monoisotopic (exact) mass is 161 g/mol. The number of hydrogen-bond acceptors (Lipinski definition) is 3. The van der Waals surface area contributed by atoms with Crippen molar-refractivity contribution in [1.82, 2.24) is 4.98 Å². The lowest BCUT2D eigenvalue weighted by Gasteiger charge is -1.97. The molecule has 60 valence electrons. The molecule has 4 nitrogen and oxygen atoms in total. The maximum absolute atomic E-state index is 11.0. The van der Waals surface area contributed by atoms with Gasteiger partial charge in [0.05, 0.1) is 0 Å². The molecule has 0 fully saturated rings. The maximum Gasteiger partial charge on any atom is 0.125 e. The van der Waals surface area contributed by atoms with Crippen molar-refractivity contribution in [1.29, 1.82) is 0 Å². The van der Waals surface area contributed by atoms with Gasteiger partial charge in [0.15, 0.2) is 0 Å². The predicted molar refractivity (Wildman–Crippen MR) is 43.2 cm³/mol. The first-order valence-electron chi connectivity index (χ1n) is 3.44. The number of nitrogens with zero attached hydrogens (tertiary/aromatic N) is 1. The zero-order chi connectivity index (χ0) is 8.55. The Labute approximate surface area is 67.8 Å². The highest BCUT2D eigenvalue weighted by atomic mass is 16.3. The lowest BCUT2D eigenvalue weighted by Crippen LogP contribution is -1.87. The fourth-order valence-electron chi connectivity index (χ4n) is 1.19. The van der Waals surface area contributed by atoms with Gasteiger partial charge >= 0.3 is 0 Å². The summed E-state index contributed by atoms with van der Waals surface area (Å²) in [7, 11) is 0. The average molecular weight is 161 g/mol. The van der Waals surface area contributed by atoms with Gasteiger partial charge in [-0.3, -0.25) is 0 Å². The van der Waals surface area contributed by atoms with Crippen molar-refractivity contribution >= 4 is 16.6 Å². The normalized spacial score (nSPS) is 10.3. The van der Waals surface area contributed by atoms with Crippen molar-refractivity contribution in [2.45, 2.75) is 0 Å². The van der Waals surface area contributed by atoms with E-state index in [0.29, 0.717) is 10.9 Å². The molecule has 12 heavy (non-hydrogen) atoms. The van der Waals surface area contributed by atoms with Crippen molar-refractivity contribution in [2.24, 2.45) is 5.18 Å². The second kappa shape index (κ2) is 2.34. The van der Waals surface area contributed by atoms with Gasteiger partial charge in [-0.15, -0.1) is 4.91 Å². The summed E-state index contributed by atoms with van der Waals surface area (Å²) in [5, 5.41) is 14.3. The molecule has 0 saturated heterocycles. The van der Waals surface area contributed by atoms with Crippen LogP contribution >= 0.6 is 0 Å². The number of benzene rings is 1. The van der Waals surface area contributed by atoms with Gasteiger partial charge in [0.2, 0.25) is 0 Å². The minimum Gasteiger partial charge on any atom is -0.859 e. The third kappa shape index (κ3) is 0.780. The van der Waals surface area contributed by atoms with Crippen molar-refractivity contribution in [2.75, 3.05) is 0 Å². The van der Waals surface area contributed by atoms with Crippen LogP contribution in [0.1, 0.15) is 0 Å². The quantitative estimate of drug-likeness (QED) is 0.646. The van der Waals surface area contributed by atoms with Gasteiger partial charge in [-0.05, 0) is 17.1 Å². The van der Waals surface area contributed by atoms with Gasteiger partial charge in [-0.2, -0.15) is 0 Å². The number of H-pyrrole nitrogens is 1. The second-order valence-corrected chi connectivity index (χ2v) is 2.44. The first-order chi connectivity index (χ1) is 5.83. The van der Waals surface area contributed by atoms with Crippen molar-refractivity contribution in [3.8, 4) is 5.88 Å². The molecule has 1 aromatic heterocycles. The van der Waals surface area contributed by atoms with Crippen LogP contribution in [0.2, 0.25) is 0 Å². The van der Waals surface area contributed by atoms with Crippen LogP contribution in [-0.2, 0) is 0 Å². The molecule has 0 bridgehead atoms. The van der Waals surface area contributed by atoms with E-state index in [1.54, 1.807) is 24.3 Å². The largest absolute Gasteiger partial charge is 0.859 e. The van der Waals surface area contributed by atoms with Crippen molar-refractivity contribution in [3.05, 3.63) is 29.2 Å². The lowest BCUT2D eigenvalue weighted by atomic mass is 10.2. The minimum atomic E-state index is -0.425. The van der Waals surface area contributed by atoms with Gasteiger partial charge in [-0.25, -0.2) is 0 Å². The number of aromatic amines is 1. The van der Waals surface area contributed by atoms with Crippen LogP contribution in [-0.4, -0.2) is 4.98 Å². The van der Waals surface area contributed by atoms with E-state index >= 15 is 0 Å². The maximum atomic E-state index is 11.0. The summed E-state index contributed by atoms with van der Waals surface area (Å²) in [5.41, 5.74) is 0.614. The van der Waals surface area contributed by atoms with Gasteiger partial charge in [-0.1, -0.05) is 18.2 Å². The Hall–Kier alpha value is -1.84. The summed E-state index contributed by atoms with van der Waals surface area (Å²) >= 11 is 0. The van der Waals surface area contributed by atoms with Gasteiger partial charge in [0, 0.05) is 10.9 Å². The Morgan fingerprint density at radius 1 is 1.33 bits per heavy atom. The van der Waals surface area contributed by atoms with Crippen LogP contribution in [0.5, 0.6) is 5.88 Å². The number of rotatable bonds is 1. The molecule has 0 spiro atoms. The summed E-state index contributed by atoms with van der Waals surface area (Å²) in [6.45, 7) is 0. The van der Waals surface area contributed by atoms with E-state index in [1.165, 1.54) is 0 Å². The fraction of sp³-hybridized carbons (Fsp3) is 0. The molecule has 0 aliphatic carbocycles. The van der Waals surface area contributed by atoms with Gasteiger partial charge in [0.1, 0.15) is 5.69 Å². The first kappa shape index (κ1) is 6.84. The molecule has 1 aromatic carbocycles. The summed E-state index contributed by atoms with van der Waals surface area (Å²) < 4.78 is 0. The van der Waals surface area contributed by atoms with E-state index in [1.807, 2.05) is 0 Å². The molecule has 2 rings (SSSR count). The zero-order valence-corrected chi connectivity index (χ0v) is 6.07. The number of nitroso groups, excluding NO2 is 1. The van der Waals surface area contributed by atoms with E-state index in [4.69, 9.17) is 0 Å². The highest BCUT2D eigenvalue weighted by Gasteiger charge is 2.03. The number of hydrogen-bond donors (Lipinski definition) is 1. The minimum absolute atomic E-state index is 0.0365. The molecule has 0 aliphatic heterocycles. The Kier molecular flexibility index (Phi) is 1.33. The smallest absolute Gasteiger partial charge is 0.125 e. The molecule has 1 N–H and O–H groups in total. The average Bonchev–Trinajstić information content (AvgIpc) is 2.40. The lowest BCUT2D eigenvalue weighted by molar-refractivity contribution is -0.272. The topological polar surface area (TPSA) is 68.3 Å². The van der Waals surface area contributed by atoms with Crippen LogP contribution in [0.25, 0.3) is 10.9 Å². The molecule has 2 aromatic rings. The Morgan fingerprint density at radius 3 is 2.83 bits per heavy atom. The fourth-order valence-corrected chi connectivity index (χ4v) is 1.19. The molecular formula is C8H5N2O2-. The van der Waals surface area contributed by atoms with Crippen molar-refractivity contribution in [3.63, 3.8) is 0 Å². The third-order valence-electron chi connectivity index (χ3n) is 1.74. The van der Waals surface area contributed by atoms with Crippen molar-refractivity contribution < 1.29 is 5.11 Å². The van der Waals surface area contributed by atoms with E-state index in [0.717, 1.165) is 0 Å². The van der Waals surface area contributed by atoms with Crippen LogP contribution in [0, 0.1) is 4.91 Å². The van der Waals surface area contributed by atoms with Gasteiger partial charge in [0.25, 0.3) is 0 Å². The summed E-state index contributed by atoms with van der Waals surface area (Å²) in [5.74, 6) is -0.425. The Balaban J connectivity index is 2.90. The van der Waals surface area contributed by atoms with Crippen LogP contribution < -0.4 is 5.11 Å². The molecule has 4 heteroatoms. The van der Waals surface area contributed by atoms with E-state index in [9.17, 15) is 10.0 Å². The SMILES string of the molecule is O=Nc1c([O-])[nH]c2ccccc12. The summed E-state index contributed by atoms with van der Waals surface area (Å²) in [6, 6.07) is 6.95. The highest BCUT2D eigenvalue weighted by Crippen LogP contribution is 2.32. The first-order valence-corrected chi connectivity index (χ1v) is 3.44. The van der Waals surface area contributed by atoms with Crippen LogP contribution in [0.4, 0.5) is 5.69 Å². The molecule has 0 atom stereocenters.